The Morgan fingerprint density at radius 2 is 1.91 bits per heavy atom. The molecule has 2 unspecified atom stereocenters. The quantitative estimate of drug-likeness (QED) is 0.818. The van der Waals surface area contributed by atoms with Crippen LogP contribution < -0.4 is 0 Å². The van der Waals surface area contributed by atoms with E-state index in [1.807, 2.05) is 6.07 Å². The molecule has 2 N–H and O–H groups in total. The molecule has 1 aromatic carbocycles. The van der Waals surface area contributed by atoms with Gasteiger partial charge in [0.25, 0.3) is 0 Å². The van der Waals surface area contributed by atoms with E-state index in [2.05, 4.69) is 28.0 Å². The first-order valence-electron chi connectivity index (χ1n) is 8.19. The number of aliphatic hydroxyl groups excluding tert-OH is 2. The third-order valence-corrected chi connectivity index (χ3v) is 4.71. The molecule has 0 spiro atoms. The number of hydrogen-bond acceptors (Lipinski definition) is 5. The molecule has 1 aromatic rings. The summed E-state index contributed by atoms with van der Waals surface area (Å²) in [6.07, 6.45) is 0.592. The van der Waals surface area contributed by atoms with Gasteiger partial charge in [-0.3, -0.25) is 9.80 Å². The van der Waals surface area contributed by atoms with E-state index in [0.29, 0.717) is 13.1 Å². The second kappa shape index (κ2) is 7.53. The smallest absolute Gasteiger partial charge is 0.0794 e. The topological polar surface area (TPSA) is 56.2 Å². The summed E-state index contributed by atoms with van der Waals surface area (Å²) in [6, 6.07) is 8.31. The number of morpholine rings is 1. The van der Waals surface area contributed by atoms with Crippen molar-refractivity contribution in [1.82, 2.24) is 9.80 Å². The van der Waals surface area contributed by atoms with Crippen molar-refractivity contribution >= 4 is 0 Å². The van der Waals surface area contributed by atoms with Gasteiger partial charge in [-0.15, -0.1) is 0 Å². The molecule has 0 saturated carbocycles. The largest absolute Gasteiger partial charge is 0.394 e. The fourth-order valence-corrected chi connectivity index (χ4v) is 3.55. The first kappa shape index (κ1) is 15.9. The Labute approximate surface area is 132 Å². The molecule has 1 fully saturated rings. The summed E-state index contributed by atoms with van der Waals surface area (Å²) in [5.74, 6) is 0. The second-order valence-corrected chi connectivity index (χ2v) is 6.21. The first-order chi connectivity index (χ1) is 10.8. The summed E-state index contributed by atoms with van der Waals surface area (Å²) in [5, 5.41) is 20.2. The fourth-order valence-electron chi connectivity index (χ4n) is 3.55. The molecule has 0 aromatic heterocycles. The molecule has 2 aliphatic rings. The Bertz CT molecular complexity index is 477. The Morgan fingerprint density at radius 1 is 1.14 bits per heavy atom. The third kappa shape index (κ3) is 3.67. The summed E-state index contributed by atoms with van der Waals surface area (Å²) in [4.78, 5) is 4.47. The predicted octanol–water partition coefficient (Wildman–Crippen LogP) is 0.271. The number of β-amino-alcohol motifs (C(OH)–C–C–N with tert-alkyl or cyclic N) is 1. The fraction of sp³-hybridized carbons (Fsp3) is 0.647. The molecular formula is C17H26N2O3. The van der Waals surface area contributed by atoms with Crippen LogP contribution in [0, 0.1) is 0 Å². The summed E-state index contributed by atoms with van der Waals surface area (Å²) in [6.45, 7) is 5.57. The van der Waals surface area contributed by atoms with Gasteiger partial charge in [0.1, 0.15) is 0 Å². The SMILES string of the molecule is OCC1c2ccccc2CCN1CC(O)CN1CCOCC1. The summed E-state index contributed by atoms with van der Waals surface area (Å²) in [5.41, 5.74) is 2.52. The zero-order valence-electron chi connectivity index (χ0n) is 13.0. The average Bonchev–Trinajstić information content (AvgIpc) is 2.55. The van der Waals surface area contributed by atoms with E-state index >= 15 is 0 Å². The van der Waals surface area contributed by atoms with Gasteiger partial charge >= 0.3 is 0 Å². The Morgan fingerprint density at radius 3 is 2.68 bits per heavy atom. The van der Waals surface area contributed by atoms with Crippen molar-refractivity contribution in [2.24, 2.45) is 0 Å². The van der Waals surface area contributed by atoms with Gasteiger partial charge in [0.05, 0.1) is 32.0 Å². The van der Waals surface area contributed by atoms with Crippen LogP contribution in [0.3, 0.4) is 0 Å². The molecule has 0 aliphatic carbocycles. The highest BCUT2D eigenvalue weighted by Gasteiger charge is 2.28. The van der Waals surface area contributed by atoms with E-state index in [9.17, 15) is 10.2 Å². The Balaban J connectivity index is 1.59. The van der Waals surface area contributed by atoms with Crippen LogP contribution >= 0.6 is 0 Å². The molecule has 3 rings (SSSR count). The summed E-state index contributed by atoms with van der Waals surface area (Å²) >= 11 is 0. The van der Waals surface area contributed by atoms with E-state index in [1.165, 1.54) is 11.1 Å². The van der Waals surface area contributed by atoms with E-state index < -0.39 is 6.10 Å². The van der Waals surface area contributed by atoms with Crippen molar-refractivity contribution in [1.29, 1.82) is 0 Å². The number of benzene rings is 1. The highest BCUT2D eigenvalue weighted by molar-refractivity contribution is 5.32. The van der Waals surface area contributed by atoms with E-state index in [-0.39, 0.29) is 12.6 Å². The molecule has 1 saturated heterocycles. The monoisotopic (exact) mass is 306 g/mol. The molecule has 2 atom stereocenters. The molecule has 0 radical (unpaired) electrons. The van der Waals surface area contributed by atoms with Crippen LogP contribution in [-0.4, -0.2) is 78.7 Å². The van der Waals surface area contributed by atoms with Gasteiger partial charge < -0.3 is 14.9 Å². The van der Waals surface area contributed by atoms with Gasteiger partial charge in [0.2, 0.25) is 0 Å². The molecule has 0 amide bonds. The Kier molecular flexibility index (Phi) is 5.44. The van der Waals surface area contributed by atoms with Crippen LogP contribution in [-0.2, 0) is 11.2 Å². The van der Waals surface area contributed by atoms with E-state index in [1.54, 1.807) is 0 Å². The highest BCUT2D eigenvalue weighted by Crippen LogP contribution is 2.29. The van der Waals surface area contributed by atoms with Gasteiger partial charge in [-0.1, -0.05) is 24.3 Å². The standard InChI is InChI=1S/C17H26N2O3/c20-13-17-16-4-2-1-3-14(16)5-6-19(17)12-15(21)11-18-7-9-22-10-8-18/h1-4,15,17,20-21H,5-13H2. The predicted molar refractivity (Wildman–Crippen MR) is 84.8 cm³/mol. The van der Waals surface area contributed by atoms with Gasteiger partial charge in [0, 0.05) is 32.7 Å². The normalized spacial score (nSPS) is 24.9. The van der Waals surface area contributed by atoms with Crippen LogP contribution in [0.2, 0.25) is 0 Å². The number of nitrogens with zero attached hydrogens (tertiary/aromatic N) is 2. The highest BCUT2D eigenvalue weighted by atomic mass is 16.5. The molecular weight excluding hydrogens is 280 g/mol. The van der Waals surface area contributed by atoms with Crippen LogP contribution in [0.4, 0.5) is 0 Å². The maximum Gasteiger partial charge on any atom is 0.0794 e. The maximum atomic E-state index is 10.4. The Hall–Kier alpha value is -0.980. The average molecular weight is 306 g/mol. The zero-order valence-corrected chi connectivity index (χ0v) is 13.0. The maximum absolute atomic E-state index is 10.4. The number of fused-ring (bicyclic) bond motifs is 1. The van der Waals surface area contributed by atoms with Crippen molar-refractivity contribution in [2.45, 2.75) is 18.6 Å². The van der Waals surface area contributed by atoms with Crippen molar-refractivity contribution in [2.75, 3.05) is 52.5 Å². The van der Waals surface area contributed by atoms with Gasteiger partial charge in [-0.2, -0.15) is 0 Å². The molecule has 122 valence electrons. The summed E-state index contributed by atoms with van der Waals surface area (Å²) in [7, 11) is 0. The lowest BCUT2D eigenvalue weighted by molar-refractivity contribution is -0.00179. The second-order valence-electron chi connectivity index (χ2n) is 6.21. The molecule has 2 aliphatic heterocycles. The van der Waals surface area contributed by atoms with Crippen LogP contribution in [0.25, 0.3) is 0 Å². The number of hydrogen-bond donors (Lipinski definition) is 2. The lowest BCUT2D eigenvalue weighted by Gasteiger charge is -2.38. The lowest BCUT2D eigenvalue weighted by atomic mass is 9.92. The summed E-state index contributed by atoms with van der Waals surface area (Å²) < 4.78 is 5.34. The molecule has 0 bridgehead atoms. The van der Waals surface area contributed by atoms with Crippen LogP contribution in [0.15, 0.2) is 24.3 Å². The minimum absolute atomic E-state index is 0.00397. The van der Waals surface area contributed by atoms with Gasteiger partial charge in [0.15, 0.2) is 0 Å². The minimum Gasteiger partial charge on any atom is -0.394 e. The van der Waals surface area contributed by atoms with Crippen molar-refractivity contribution in [3.05, 3.63) is 35.4 Å². The number of aliphatic hydroxyl groups is 2. The van der Waals surface area contributed by atoms with Gasteiger partial charge in [-0.25, -0.2) is 0 Å². The van der Waals surface area contributed by atoms with Crippen LogP contribution in [0.1, 0.15) is 17.2 Å². The number of rotatable bonds is 5. The molecule has 5 heteroatoms. The van der Waals surface area contributed by atoms with Crippen molar-refractivity contribution < 1.29 is 14.9 Å². The number of ether oxygens (including phenoxy) is 1. The molecule has 2 heterocycles. The first-order valence-corrected chi connectivity index (χ1v) is 8.19. The van der Waals surface area contributed by atoms with Crippen LogP contribution in [0.5, 0.6) is 0 Å². The van der Waals surface area contributed by atoms with Crippen molar-refractivity contribution in [3.63, 3.8) is 0 Å². The zero-order chi connectivity index (χ0) is 15.4. The lowest BCUT2D eigenvalue weighted by Crippen LogP contribution is -2.47. The van der Waals surface area contributed by atoms with Gasteiger partial charge in [-0.05, 0) is 17.5 Å². The molecule has 22 heavy (non-hydrogen) atoms. The molecule has 5 nitrogen and oxygen atoms in total. The van der Waals surface area contributed by atoms with E-state index in [4.69, 9.17) is 4.74 Å². The van der Waals surface area contributed by atoms with Crippen molar-refractivity contribution in [3.8, 4) is 0 Å². The van der Waals surface area contributed by atoms with E-state index in [0.717, 1.165) is 39.3 Å². The minimum atomic E-state index is -0.391. The third-order valence-electron chi connectivity index (χ3n) is 4.71.